The second-order valence-corrected chi connectivity index (χ2v) is 6.18. The molecule has 1 aromatic rings. The lowest BCUT2D eigenvalue weighted by Gasteiger charge is -2.24. The number of likely N-dealkylation sites (tertiary alicyclic amines) is 1. The van der Waals surface area contributed by atoms with Crippen LogP contribution in [0, 0.1) is 0 Å². The molecular weight excluding hydrogens is 300 g/mol. The third kappa shape index (κ3) is 5.50. The maximum atomic E-state index is 12.0. The maximum absolute atomic E-state index is 12.0. The Morgan fingerprint density at radius 1 is 1.32 bits per heavy atom. The molecule has 1 aromatic carbocycles. The second-order valence-electron chi connectivity index (χ2n) is 5.75. The van der Waals surface area contributed by atoms with Crippen LogP contribution in [-0.4, -0.2) is 37.2 Å². The molecule has 1 N–H and O–H groups in total. The SMILES string of the molecule is CCCCOC(=O)NC(CN1CCCC1)c1ccc(Cl)cc1. The summed E-state index contributed by atoms with van der Waals surface area (Å²) in [6.45, 7) is 5.54. The molecule has 0 saturated carbocycles. The van der Waals surface area contributed by atoms with Crippen molar-refractivity contribution in [3.8, 4) is 0 Å². The van der Waals surface area contributed by atoms with Crippen LogP contribution in [0.4, 0.5) is 4.79 Å². The molecule has 1 aliphatic heterocycles. The molecule has 22 heavy (non-hydrogen) atoms. The van der Waals surface area contributed by atoms with Gasteiger partial charge in [0, 0.05) is 11.6 Å². The van der Waals surface area contributed by atoms with E-state index in [2.05, 4.69) is 17.1 Å². The summed E-state index contributed by atoms with van der Waals surface area (Å²) in [6.07, 6.45) is 4.03. The Balaban J connectivity index is 1.97. The van der Waals surface area contributed by atoms with Gasteiger partial charge in [-0.25, -0.2) is 4.79 Å². The number of ether oxygens (including phenoxy) is 1. The van der Waals surface area contributed by atoms with E-state index < -0.39 is 0 Å². The van der Waals surface area contributed by atoms with E-state index in [0.29, 0.717) is 11.6 Å². The standard InChI is InChI=1S/C17H25ClN2O2/c1-2-3-12-22-17(21)19-16(13-20-10-4-5-11-20)14-6-8-15(18)9-7-14/h6-9,16H,2-5,10-13H2,1H3,(H,19,21). The number of alkyl carbamates (subject to hydrolysis) is 1. The van der Waals surface area contributed by atoms with Gasteiger partial charge in [-0.3, -0.25) is 0 Å². The van der Waals surface area contributed by atoms with Crippen LogP contribution >= 0.6 is 11.6 Å². The van der Waals surface area contributed by atoms with Gasteiger partial charge in [-0.05, 0) is 50.0 Å². The summed E-state index contributed by atoms with van der Waals surface area (Å²) in [4.78, 5) is 14.3. The molecule has 2 rings (SSSR count). The lowest BCUT2D eigenvalue weighted by atomic mass is 10.1. The number of carbonyl (C=O) groups is 1. The first kappa shape index (κ1) is 17.1. The third-order valence-electron chi connectivity index (χ3n) is 3.93. The minimum absolute atomic E-state index is 0.0653. The van der Waals surface area contributed by atoms with E-state index in [4.69, 9.17) is 16.3 Å². The van der Waals surface area contributed by atoms with Gasteiger partial charge in [0.25, 0.3) is 0 Å². The fourth-order valence-corrected chi connectivity index (χ4v) is 2.77. The summed E-state index contributed by atoms with van der Waals surface area (Å²) < 4.78 is 5.23. The monoisotopic (exact) mass is 324 g/mol. The zero-order valence-corrected chi connectivity index (χ0v) is 13.9. The summed E-state index contributed by atoms with van der Waals surface area (Å²) in [5.74, 6) is 0. The molecule has 4 nitrogen and oxygen atoms in total. The van der Waals surface area contributed by atoms with Crippen molar-refractivity contribution >= 4 is 17.7 Å². The molecule has 5 heteroatoms. The molecule has 0 bridgehead atoms. The van der Waals surface area contributed by atoms with Crippen molar-refractivity contribution in [1.29, 1.82) is 0 Å². The molecule has 0 aliphatic carbocycles. The van der Waals surface area contributed by atoms with Crippen LogP contribution in [-0.2, 0) is 4.74 Å². The first-order chi connectivity index (χ1) is 10.7. The molecule has 1 unspecified atom stereocenters. The number of halogens is 1. The number of rotatable bonds is 7. The Bertz CT molecular complexity index is 458. The number of hydrogen-bond donors (Lipinski definition) is 1. The smallest absolute Gasteiger partial charge is 0.407 e. The fourth-order valence-electron chi connectivity index (χ4n) is 2.65. The molecule has 1 saturated heterocycles. The Hall–Kier alpha value is -1.26. The van der Waals surface area contributed by atoms with Crippen LogP contribution in [0.5, 0.6) is 0 Å². The number of amides is 1. The molecule has 1 amide bonds. The fraction of sp³-hybridized carbons (Fsp3) is 0.588. The lowest BCUT2D eigenvalue weighted by Crippen LogP contribution is -2.37. The van der Waals surface area contributed by atoms with Crippen molar-refractivity contribution in [1.82, 2.24) is 10.2 Å². The van der Waals surface area contributed by atoms with Crippen molar-refractivity contribution in [2.45, 2.75) is 38.6 Å². The quantitative estimate of drug-likeness (QED) is 0.771. The van der Waals surface area contributed by atoms with Crippen LogP contribution in [0.1, 0.15) is 44.2 Å². The van der Waals surface area contributed by atoms with Gasteiger partial charge < -0.3 is 15.0 Å². The van der Waals surface area contributed by atoms with Gasteiger partial charge in [0.15, 0.2) is 0 Å². The van der Waals surface area contributed by atoms with E-state index >= 15 is 0 Å². The van der Waals surface area contributed by atoms with Gasteiger partial charge >= 0.3 is 6.09 Å². The molecular formula is C17H25ClN2O2. The number of carbonyl (C=O) groups excluding carboxylic acids is 1. The summed E-state index contributed by atoms with van der Waals surface area (Å²) in [7, 11) is 0. The van der Waals surface area contributed by atoms with Gasteiger partial charge in [0.2, 0.25) is 0 Å². The molecule has 1 atom stereocenters. The van der Waals surface area contributed by atoms with E-state index in [1.165, 1.54) is 12.8 Å². The largest absolute Gasteiger partial charge is 0.450 e. The van der Waals surface area contributed by atoms with Crippen molar-refractivity contribution in [3.63, 3.8) is 0 Å². The number of hydrogen-bond acceptors (Lipinski definition) is 3. The average Bonchev–Trinajstić information content (AvgIpc) is 3.01. The van der Waals surface area contributed by atoms with Crippen LogP contribution < -0.4 is 5.32 Å². The molecule has 122 valence electrons. The molecule has 0 spiro atoms. The molecule has 1 aliphatic rings. The van der Waals surface area contributed by atoms with Crippen LogP contribution in [0.3, 0.4) is 0 Å². The average molecular weight is 325 g/mol. The minimum Gasteiger partial charge on any atom is -0.450 e. The minimum atomic E-state index is -0.340. The number of nitrogens with zero attached hydrogens (tertiary/aromatic N) is 1. The molecule has 0 radical (unpaired) electrons. The van der Waals surface area contributed by atoms with Gasteiger partial charge in [0.05, 0.1) is 12.6 Å². The Labute approximate surface area is 137 Å². The predicted molar refractivity (Wildman–Crippen MR) is 89.3 cm³/mol. The number of nitrogens with one attached hydrogen (secondary N) is 1. The highest BCUT2D eigenvalue weighted by atomic mass is 35.5. The zero-order valence-electron chi connectivity index (χ0n) is 13.2. The first-order valence-corrected chi connectivity index (χ1v) is 8.48. The Kier molecular flexibility index (Phi) is 7.00. The predicted octanol–water partition coefficient (Wildman–Crippen LogP) is 4.00. The highest BCUT2D eigenvalue weighted by Gasteiger charge is 2.21. The van der Waals surface area contributed by atoms with Crippen LogP contribution in [0.15, 0.2) is 24.3 Å². The number of benzene rings is 1. The van der Waals surface area contributed by atoms with Crippen LogP contribution in [0.2, 0.25) is 5.02 Å². The highest BCUT2D eigenvalue weighted by molar-refractivity contribution is 6.30. The Morgan fingerprint density at radius 3 is 2.64 bits per heavy atom. The van der Waals surface area contributed by atoms with Crippen molar-refractivity contribution in [2.24, 2.45) is 0 Å². The Morgan fingerprint density at radius 2 is 2.00 bits per heavy atom. The maximum Gasteiger partial charge on any atom is 0.407 e. The lowest BCUT2D eigenvalue weighted by molar-refractivity contribution is 0.137. The van der Waals surface area contributed by atoms with E-state index in [9.17, 15) is 4.79 Å². The third-order valence-corrected chi connectivity index (χ3v) is 4.19. The van der Waals surface area contributed by atoms with Crippen LogP contribution in [0.25, 0.3) is 0 Å². The first-order valence-electron chi connectivity index (χ1n) is 8.10. The van der Waals surface area contributed by atoms with Gasteiger partial charge in [-0.1, -0.05) is 37.1 Å². The highest BCUT2D eigenvalue weighted by Crippen LogP contribution is 2.20. The van der Waals surface area contributed by atoms with E-state index in [1.807, 2.05) is 24.3 Å². The van der Waals surface area contributed by atoms with Gasteiger partial charge in [-0.15, -0.1) is 0 Å². The van der Waals surface area contributed by atoms with Crippen molar-refractivity contribution < 1.29 is 9.53 Å². The van der Waals surface area contributed by atoms with Crippen molar-refractivity contribution in [3.05, 3.63) is 34.9 Å². The summed E-state index contributed by atoms with van der Waals surface area (Å²) in [6, 6.07) is 7.59. The topological polar surface area (TPSA) is 41.6 Å². The second kappa shape index (κ2) is 9.01. The van der Waals surface area contributed by atoms with Gasteiger partial charge in [-0.2, -0.15) is 0 Å². The molecule has 1 heterocycles. The summed E-state index contributed by atoms with van der Waals surface area (Å²) >= 11 is 5.95. The van der Waals surface area contributed by atoms with Gasteiger partial charge in [0.1, 0.15) is 0 Å². The molecule has 1 fully saturated rings. The molecule has 0 aromatic heterocycles. The zero-order chi connectivity index (χ0) is 15.8. The van der Waals surface area contributed by atoms with E-state index in [1.54, 1.807) is 0 Å². The summed E-state index contributed by atoms with van der Waals surface area (Å²) in [5.41, 5.74) is 1.06. The van der Waals surface area contributed by atoms with E-state index in [0.717, 1.165) is 38.0 Å². The normalized spacial score (nSPS) is 16.5. The summed E-state index contributed by atoms with van der Waals surface area (Å²) in [5, 5.41) is 3.70. The van der Waals surface area contributed by atoms with Crippen molar-refractivity contribution in [2.75, 3.05) is 26.2 Å². The van der Waals surface area contributed by atoms with E-state index in [-0.39, 0.29) is 12.1 Å². The number of unbranched alkanes of at least 4 members (excludes halogenated alkanes) is 1.